The number of aromatic nitrogens is 5. The molecule has 1 N–H and O–H groups in total. The molecule has 4 aromatic rings. The lowest BCUT2D eigenvalue weighted by molar-refractivity contribution is 0.391. The second kappa shape index (κ2) is 7.58. The van der Waals surface area contributed by atoms with Crippen LogP contribution in [0.15, 0.2) is 58.2 Å². The van der Waals surface area contributed by atoms with E-state index in [0.29, 0.717) is 34.0 Å². The Hall–Kier alpha value is -3.20. The molecule has 0 bridgehead atoms. The van der Waals surface area contributed by atoms with Crippen LogP contribution >= 0.6 is 11.8 Å². The summed E-state index contributed by atoms with van der Waals surface area (Å²) in [7, 11) is 1.60. The number of halogens is 1. The second-order valence-corrected chi connectivity index (χ2v) is 6.42. The van der Waals surface area contributed by atoms with Gasteiger partial charge in [0.25, 0.3) is 0 Å². The zero-order valence-corrected chi connectivity index (χ0v) is 15.0. The Morgan fingerprint density at radius 3 is 2.89 bits per heavy atom. The van der Waals surface area contributed by atoms with Gasteiger partial charge in [-0.15, -0.1) is 5.10 Å². The van der Waals surface area contributed by atoms with Gasteiger partial charge in [0, 0.05) is 5.56 Å². The Labute approximate surface area is 158 Å². The molecule has 0 spiro atoms. The summed E-state index contributed by atoms with van der Waals surface area (Å²) in [4.78, 5) is 8.66. The molecule has 0 atom stereocenters. The SMILES string of the molecule is COc1cccc(-c2noc(CSc3n[nH]c(-c4ccccc4F)n3)n2)c1. The molecule has 7 nitrogen and oxygen atoms in total. The van der Waals surface area contributed by atoms with Crippen molar-refractivity contribution in [1.29, 1.82) is 0 Å². The Morgan fingerprint density at radius 2 is 2.04 bits per heavy atom. The Bertz CT molecular complexity index is 1070. The van der Waals surface area contributed by atoms with Gasteiger partial charge in [-0.1, -0.05) is 41.2 Å². The summed E-state index contributed by atoms with van der Waals surface area (Å²) in [5, 5.41) is 11.3. The van der Waals surface area contributed by atoms with E-state index in [2.05, 4.69) is 25.3 Å². The lowest BCUT2D eigenvalue weighted by Gasteiger charge is -1.99. The molecule has 4 rings (SSSR count). The van der Waals surface area contributed by atoms with Crippen LogP contribution < -0.4 is 4.74 Å². The Balaban J connectivity index is 1.44. The van der Waals surface area contributed by atoms with Crippen molar-refractivity contribution in [2.45, 2.75) is 10.9 Å². The fourth-order valence-corrected chi connectivity index (χ4v) is 3.04. The molecule has 136 valence electrons. The van der Waals surface area contributed by atoms with Gasteiger partial charge in [-0.05, 0) is 24.3 Å². The number of H-pyrrole nitrogens is 1. The normalized spacial score (nSPS) is 10.9. The first-order chi connectivity index (χ1) is 13.2. The first kappa shape index (κ1) is 17.2. The molecule has 0 aliphatic carbocycles. The van der Waals surface area contributed by atoms with E-state index in [1.54, 1.807) is 25.3 Å². The molecule has 0 fully saturated rings. The summed E-state index contributed by atoms with van der Waals surface area (Å²) in [6.07, 6.45) is 0. The molecule has 0 amide bonds. The van der Waals surface area contributed by atoms with Crippen LogP contribution in [0.3, 0.4) is 0 Å². The highest BCUT2D eigenvalue weighted by molar-refractivity contribution is 7.98. The van der Waals surface area contributed by atoms with E-state index >= 15 is 0 Å². The maximum absolute atomic E-state index is 13.8. The van der Waals surface area contributed by atoms with E-state index in [1.807, 2.05) is 24.3 Å². The van der Waals surface area contributed by atoms with Crippen molar-refractivity contribution in [3.8, 4) is 28.5 Å². The molecule has 2 aromatic heterocycles. The number of ether oxygens (including phenoxy) is 1. The van der Waals surface area contributed by atoms with Gasteiger partial charge in [0.2, 0.25) is 16.9 Å². The second-order valence-electron chi connectivity index (χ2n) is 5.48. The lowest BCUT2D eigenvalue weighted by Crippen LogP contribution is -1.86. The zero-order valence-electron chi connectivity index (χ0n) is 14.2. The van der Waals surface area contributed by atoms with Crippen molar-refractivity contribution in [2.75, 3.05) is 7.11 Å². The quantitative estimate of drug-likeness (QED) is 0.504. The number of hydrogen-bond donors (Lipinski definition) is 1. The third-order valence-electron chi connectivity index (χ3n) is 3.71. The number of rotatable bonds is 6. The van der Waals surface area contributed by atoms with Crippen molar-refractivity contribution in [3.05, 3.63) is 60.2 Å². The minimum atomic E-state index is -0.356. The van der Waals surface area contributed by atoms with Crippen molar-refractivity contribution in [1.82, 2.24) is 25.3 Å². The van der Waals surface area contributed by atoms with E-state index in [0.717, 1.165) is 11.3 Å². The predicted molar refractivity (Wildman–Crippen MR) is 97.6 cm³/mol. The standard InChI is InChI=1S/C18H14FN5O2S/c1-25-12-6-4-5-11(9-12)16-20-15(26-24-16)10-27-18-21-17(22-23-18)13-7-2-3-8-14(13)19/h2-9H,10H2,1H3,(H,21,22,23). The van der Waals surface area contributed by atoms with E-state index in [9.17, 15) is 4.39 Å². The van der Waals surface area contributed by atoms with Gasteiger partial charge in [-0.2, -0.15) is 4.98 Å². The number of methoxy groups -OCH3 is 1. The molecule has 0 saturated carbocycles. The first-order valence-corrected chi connectivity index (χ1v) is 8.98. The summed E-state index contributed by atoms with van der Waals surface area (Å²) >= 11 is 1.31. The molecule has 9 heteroatoms. The molecule has 0 aliphatic heterocycles. The Kier molecular flexibility index (Phi) is 4.84. The van der Waals surface area contributed by atoms with Gasteiger partial charge in [0.15, 0.2) is 5.82 Å². The van der Waals surface area contributed by atoms with Crippen molar-refractivity contribution in [3.63, 3.8) is 0 Å². The fraction of sp³-hybridized carbons (Fsp3) is 0.111. The molecule has 0 aliphatic rings. The van der Waals surface area contributed by atoms with Crippen molar-refractivity contribution >= 4 is 11.8 Å². The monoisotopic (exact) mass is 383 g/mol. The van der Waals surface area contributed by atoms with Gasteiger partial charge in [0.1, 0.15) is 11.6 Å². The van der Waals surface area contributed by atoms with Gasteiger partial charge < -0.3 is 9.26 Å². The average molecular weight is 383 g/mol. The van der Waals surface area contributed by atoms with E-state index in [-0.39, 0.29) is 5.82 Å². The molecule has 0 saturated heterocycles. The molecule has 0 unspecified atom stereocenters. The molecular weight excluding hydrogens is 369 g/mol. The van der Waals surface area contributed by atoms with Crippen LogP contribution in [0.4, 0.5) is 4.39 Å². The van der Waals surface area contributed by atoms with Crippen molar-refractivity contribution in [2.24, 2.45) is 0 Å². The highest BCUT2D eigenvalue weighted by Gasteiger charge is 2.13. The number of nitrogens with one attached hydrogen (secondary N) is 1. The van der Waals surface area contributed by atoms with E-state index < -0.39 is 0 Å². The third kappa shape index (κ3) is 3.82. The van der Waals surface area contributed by atoms with E-state index in [1.165, 1.54) is 17.8 Å². The summed E-state index contributed by atoms with van der Waals surface area (Å²) < 4.78 is 24.3. The fourth-order valence-electron chi connectivity index (χ4n) is 2.40. The average Bonchev–Trinajstić information content (AvgIpc) is 3.36. The van der Waals surface area contributed by atoms with Crippen LogP contribution in [0, 0.1) is 5.82 Å². The van der Waals surface area contributed by atoms with Crippen LogP contribution in [-0.4, -0.2) is 32.4 Å². The molecular formula is C18H14FN5O2S. The van der Waals surface area contributed by atoms with Crippen LogP contribution in [0.1, 0.15) is 5.89 Å². The third-order valence-corrected chi connectivity index (χ3v) is 4.55. The largest absolute Gasteiger partial charge is 0.497 e. The summed E-state index contributed by atoms with van der Waals surface area (Å²) in [5.74, 6) is 2.05. The number of thioether (sulfide) groups is 1. The highest BCUT2D eigenvalue weighted by Crippen LogP contribution is 2.25. The molecule has 2 aromatic carbocycles. The minimum absolute atomic E-state index is 0.356. The molecule has 2 heterocycles. The Morgan fingerprint density at radius 1 is 1.15 bits per heavy atom. The highest BCUT2D eigenvalue weighted by atomic mass is 32.2. The zero-order chi connectivity index (χ0) is 18.6. The van der Waals surface area contributed by atoms with Crippen molar-refractivity contribution < 1.29 is 13.7 Å². The number of aromatic amines is 1. The first-order valence-electron chi connectivity index (χ1n) is 8.00. The number of benzene rings is 2. The van der Waals surface area contributed by atoms with Crippen LogP contribution in [-0.2, 0) is 5.75 Å². The topological polar surface area (TPSA) is 89.7 Å². The summed E-state index contributed by atoms with van der Waals surface area (Å²) in [6, 6.07) is 13.8. The van der Waals surface area contributed by atoms with Crippen LogP contribution in [0.2, 0.25) is 0 Å². The smallest absolute Gasteiger partial charge is 0.237 e. The lowest BCUT2D eigenvalue weighted by atomic mass is 10.2. The van der Waals surface area contributed by atoms with Gasteiger partial charge in [-0.25, -0.2) is 9.37 Å². The van der Waals surface area contributed by atoms with Gasteiger partial charge in [-0.3, -0.25) is 5.10 Å². The van der Waals surface area contributed by atoms with Crippen LogP contribution in [0.5, 0.6) is 5.75 Å². The van der Waals surface area contributed by atoms with Gasteiger partial charge in [0.05, 0.1) is 18.4 Å². The van der Waals surface area contributed by atoms with E-state index in [4.69, 9.17) is 9.26 Å². The summed E-state index contributed by atoms with van der Waals surface area (Å²) in [6.45, 7) is 0. The number of hydrogen-bond acceptors (Lipinski definition) is 7. The maximum atomic E-state index is 13.8. The number of nitrogens with zero attached hydrogens (tertiary/aromatic N) is 4. The predicted octanol–water partition coefficient (Wildman–Crippen LogP) is 3.96. The maximum Gasteiger partial charge on any atom is 0.237 e. The van der Waals surface area contributed by atoms with Gasteiger partial charge >= 0.3 is 0 Å². The minimum Gasteiger partial charge on any atom is -0.497 e. The molecule has 27 heavy (non-hydrogen) atoms. The molecule has 0 radical (unpaired) electrons. The van der Waals surface area contributed by atoms with Crippen LogP contribution in [0.25, 0.3) is 22.8 Å². The summed E-state index contributed by atoms with van der Waals surface area (Å²) in [5.41, 5.74) is 1.17.